The fourth-order valence-corrected chi connectivity index (χ4v) is 4.25. The Labute approximate surface area is 186 Å². The van der Waals surface area contributed by atoms with E-state index in [0.717, 1.165) is 24.2 Å². The molecule has 2 heterocycles. The number of rotatable bonds is 6. The number of amides is 3. The minimum atomic E-state index is -0.943. The predicted octanol–water partition coefficient (Wildman–Crippen LogP) is 2.00. The fraction of sp³-hybridized carbons (Fsp3) is 0.375. The van der Waals surface area contributed by atoms with E-state index in [4.69, 9.17) is 9.47 Å². The molecule has 0 spiro atoms. The molecule has 2 aromatic carbocycles. The average Bonchev–Trinajstić information content (AvgIpc) is 2.94. The Morgan fingerprint density at radius 2 is 1.84 bits per heavy atom. The molecule has 4 rings (SSSR count). The molecule has 0 aromatic heterocycles. The van der Waals surface area contributed by atoms with Gasteiger partial charge in [0.1, 0.15) is 11.8 Å². The van der Waals surface area contributed by atoms with Crippen LogP contribution in [-0.2, 0) is 19.7 Å². The molecular weight excluding hydrogens is 410 g/mol. The van der Waals surface area contributed by atoms with Gasteiger partial charge in [0.15, 0.2) is 0 Å². The van der Waals surface area contributed by atoms with E-state index < -0.39 is 11.9 Å². The van der Waals surface area contributed by atoms with E-state index in [1.165, 1.54) is 0 Å². The summed E-state index contributed by atoms with van der Waals surface area (Å²) in [6.45, 7) is 1.65. The third-order valence-corrected chi connectivity index (χ3v) is 6.22. The smallest absolute Gasteiger partial charge is 0.254 e. The lowest BCUT2D eigenvalue weighted by Gasteiger charge is -2.38. The zero-order valence-corrected chi connectivity index (χ0v) is 18.0. The average molecular weight is 437 g/mol. The van der Waals surface area contributed by atoms with Crippen LogP contribution in [0, 0.1) is 0 Å². The lowest BCUT2D eigenvalue weighted by atomic mass is 9.74. The van der Waals surface area contributed by atoms with Gasteiger partial charge in [-0.2, -0.15) is 0 Å². The second-order valence-corrected chi connectivity index (χ2v) is 8.16. The van der Waals surface area contributed by atoms with Crippen LogP contribution in [0.4, 0.5) is 5.69 Å². The second-order valence-electron chi connectivity index (χ2n) is 8.16. The molecule has 2 aromatic rings. The maximum absolute atomic E-state index is 12.8. The molecule has 1 atom stereocenters. The van der Waals surface area contributed by atoms with E-state index >= 15 is 0 Å². The first-order chi connectivity index (χ1) is 15.5. The zero-order chi connectivity index (χ0) is 22.6. The second kappa shape index (κ2) is 9.40. The number of hydrogen-bond acceptors (Lipinski definition) is 5. The van der Waals surface area contributed by atoms with Crippen molar-refractivity contribution >= 4 is 23.4 Å². The van der Waals surface area contributed by atoms with Crippen molar-refractivity contribution in [3.8, 4) is 5.75 Å². The van der Waals surface area contributed by atoms with Gasteiger partial charge in [-0.25, -0.2) is 0 Å². The van der Waals surface area contributed by atoms with Gasteiger partial charge >= 0.3 is 0 Å². The van der Waals surface area contributed by atoms with Crippen molar-refractivity contribution in [1.29, 1.82) is 0 Å². The van der Waals surface area contributed by atoms with E-state index in [1.807, 2.05) is 24.3 Å². The van der Waals surface area contributed by atoms with Crippen LogP contribution < -0.4 is 20.7 Å². The van der Waals surface area contributed by atoms with Gasteiger partial charge < -0.3 is 25.4 Å². The number of methoxy groups -OCH3 is 1. The zero-order valence-electron chi connectivity index (χ0n) is 18.0. The van der Waals surface area contributed by atoms with Crippen molar-refractivity contribution in [2.24, 2.45) is 0 Å². The van der Waals surface area contributed by atoms with Crippen molar-refractivity contribution in [3.63, 3.8) is 0 Å². The Kier molecular flexibility index (Phi) is 6.41. The Hall–Kier alpha value is -3.39. The topological polar surface area (TPSA) is 106 Å². The molecule has 32 heavy (non-hydrogen) atoms. The van der Waals surface area contributed by atoms with Crippen LogP contribution in [0.3, 0.4) is 0 Å². The summed E-state index contributed by atoms with van der Waals surface area (Å²) in [6, 6.07) is 13.7. The van der Waals surface area contributed by atoms with Crippen molar-refractivity contribution in [2.75, 3.05) is 32.2 Å². The Balaban J connectivity index is 1.42. The molecule has 0 saturated carbocycles. The molecule has 1 unspecified atom stereocenters. The molecule has 1 fully saturated rings. The van der Waals surface area contributed by atoms with Crippen LogP contribution in [0.15, 0.2) is 48.5 Å². The third-order valence-electron chi connectivity index (χ3n) is 6.22. The molecule has 2 aliphatic rings. The van der Waals surface area contributed by atoms with Gasteiger partial charge in [-0.3, -0.25) is 14.4 Å². The summed E-state index contributed by atoms with van der Waals surface area (Å²) in [7, 11) is 1.63. The highest BCUT2D eigenvalue weighted by atomic mass is 16.5. The molecule has 0 bridgehead atoms. The molecular formula is C24H27N3O5. The van der Waals surface area contributed by atoms with Crippen LogP contribution in [0.5, 0.6) is 5.75 Å². The van der Waals surface area contributed by atoms with Crippen molar-refractivity contribution in [2.45, 2.75) is 30.7 Å². The first-order valence-electron chi connectivity index (χ1n) is 10.7. The number of ether oxygens (including phenoxy) is 2. The highest BCUT2D eigenvalue weighted by Gasteiger charge is 2.36. The largest absolute Gasteiger partial charge is 0.497 e. The van der Waals surface area contributed by atoms with E-state index in [1.54, 1.807) is 31.4 Å². The van der Waals surface area contributed by atoms with Crippen LogP contribution in [0.1, 0.15) is 35.2 Å². The number of para-hydroxylation sites is 1. The molecule has 8 heteroatoms. The SMILES string of the molecule is COc1ccc(C2(CNC(=O)CC3NC(=O)c4ccccc4NC3=O)CCOCC2)cc1. The Bertz CT molecular complexity index is 999. The Morgan fingerprint density at radius 3 is 2.56 bits per heavy atom. The van der Waals surface area contributed by atoms with Gasteiger partial charge in [-0.15, -0.1) is 0 Å². The first-order valence-corrected chi connectivity index (χ1v) is 10.7. The maximum atomic E-state index is 12.8. The van der Waals surface area contributed by atoms with Gasteiger partial charge in [-0.1, -0.05) is 24.3 Å². The van der Waals surface area contributed by atoms with Crippen LogP contribution in [-0.4, -0.2) is 50.6 Å². The maximum Gasteiger partial charge on any atom is 0.254 e. The summed E-state index contributed by atoms with van der Waals surface area (Å²) >= 11 is 0. The van der Waals surface area contributed by atoms with Crippen LogP contribution in [0.25, 0.3) is 0 Å². The minimum absolute atomic E-state index is 0.138. The number of anilines is 1. The van der Waals surface area contributed by atoms with Gasteiger partial charge in [0.25, 0.3) is 5.91 Å². The van der Waals surface area contributed by atoms with E-state index in [-0.39, 0.29) is 23.7 Å². The fourth-order valence-electron chi connectivity index (χ4n) is 4.25. The number of fused-ring (bicyclic) bond motifs is 1. The number of carbonyl (C=O) groups excluding carboxylic acids is 3. The molecule has 0 radical (unpaired) electrons. The first kappa shape index (κ1) is 21.8. The van der Waals surface area contributed by atoms with E-state index in [2.05, 4.69) is 16.0 Å². The molecule has 168 valence electrons. The Morgan fingerprint density at radius 1 is 1.12 bits per heavy atom. The van der Waals surface area contributed by atoms with Gasteiger partial charge in [-0.05, 0) is 42.7 Å². The number of carbonyl (C=O) groups is 3. The van der Waals surface area contributed by atoms with Crippen molar-refractivity contribution in [1.82, 2.24) is 10.6 Å². The minimum Gasteiger partial charge on any atom is -0.497 e. The monoisotopic (exact) mass is 437 g/mol. The van der Waals surface area contributed by atoms with E-state index in [0.29, 0.717) is 31.0 Å². The third kappa shape index (κ3) is 4.60. The number of nitrogens with one attached hydrogen (secondary N) is 3. The standard InChI is InChI=1S/C24H27N3O5/c1-31-17-8-6-16(7-9-17)24(10-12-32-13-11-24)15-25-21(28)14-20-23(30)26-19-5-3-2-4-18(19)22(29)27-20/h2-9,20H,10-15H2,1H3,(H,25,28)(H,26,30)(H,27,29). The number of hydrogen-bond donors (Lipinski definition) is 3. The molecule has 8 nitrogen and oxygen atoms in total. The molecule has 3 amide bonds. The molecule has 3 N–H and O–H groups in total. The summed E-state index contributed by atoms with van der Waals surface area (Å²) in [6.07, 6.45) is 1.41. The summed E-state index contributed by atoms with van der Waals surface area (Å²) in [5.41, 5.74) is 1.67. The van der Waals surface area contributed by atoms with Gasteiger partial charge in [0, 0.05) is 25.2 Å². The molecule has 0 aliphatic carbocycles. The normalized spacial score (nSPS) is 19.7. The molecule has 2 aliphatic heterocycles. The lowest BCUT2D eigenvalue weighted by molar-refractivity contribution is -0.126. The summed E-state index contributed by atoms with van der Waals surface area (Å²) in [4.78, 5) is 37.8. The van der Waals surface area contributed by atoms with Crippen LogP contribution >= 0.6 is 0 Å². The number of benzene rings is 2. The highest BCUT2D eigenvalue weighted by Crippen LogP contribution is 2.35. The quantitative estimate of drug-likeness (QED) is 0.641. The summed E-state index contributed by atoms with van der Waals surface area (Å²) in [5, 5.41) is 8.38. The van der Waals surface area contributed by atoms with Gasteiger partial charge in [0.2, 0.25) is 11.8 Å². The predicted molar refractivity (Wildman–Crippen MR) is 119 cm³/mol. The van der Waals surface area contributed by atoms with Crippen molar-refractivity contribution in [3.05, 3.63) is 59.7 Å². The van der Waals surface area contributed by atoms with Crippen molar-refractivity contribution < 1.29 is 23.9 Å². The van der Waals surface area contributed by atoms with Gasteiger partial charge in [0.05, 0.1) is 24.8 Å². The van der Waals surface area contributed by atoms with E-state index in [9.17, 15) is 14.4 Å². The summed E-state index contributed by atoms with van der Waals surface area (Å²) in [5.74, 6) is -0.308. The highest BCUT2D eigenvalue weighted by molar-refractivity contribution is 6.10. The molecule has 1 saturated heterocycles. The summed E-state index contributed by atoms with van der Waals surface area (Å²) < 4.78 is 10.8. The van der Waals surface area contributed by atoms with Crippen LogP contribution in [0.2, 0.25) is 0 Å². The lowest BCUT2D eigenvalue weighted by Crippen LogP contribution is -2.48.